The minimum Gasteiger partial charge on any atom is -0.491 e. The van der Waals surface area contributed by atoms with Crippen LogP contribution in [0.2, 0.25) is 0 Å². The van der Waals surface area contributed by atoms with Gasteiger partial charge in [0.2, 0.25) is 5.91 Å². The maximum atomic E-state index is 13.4. The molecule has 0 saturated heterocycles. The van der Waals surface area contributed by atoms with Crippen LogP contribution in [0.5, 0.6) is 5.75 Å². The third-order valence-electron chi connectivity index (χ3n) is 8.54. The van der Waals surface area contributed by atoms with Crippen LogP contribution in [0.1, 0.15) is 75.6 Å². The Hall–Kier alpha value is -2.12. The number of hydrogen-bond donors (Lipinski definition) is 1. The Balaban J connectivity index is 1.57. The van der Waals surface area contributed by atoms with Crippen molar-refractivity contribution < 1.29 is 19.1 Å². The summed E-state index contributed by atoms with van der Waals surface area (Å²) < 4.78 is 12.2. The molecule has 1 aliphatic heterocycles. The molecule has 2 aliphatic carbocycles. The number of carbonyl (C=O) groups excluding carboxylic acids is 2. The fourth-order valence-electron chi connectivity index (χ4n) is 5.80. The van der Waals surface area contributed by atoms with Crippen molar-refractivity contribution in [3.05, 3.63) is 23.8 Å². The van der Waals surface area contributed by atoms with Crippen molar-refractivity contribution in [3.63, 3.8) is 0 Å². The van der Waals surface area contributed by atoms with Crippen LogP contribution < -0.4 is 10.1 Å². The number of methoxy groups -OCH3 is 1. The van der Waals surface area contributed by atoms with Gasteiger partial charge >= 0.3 is 0 Å². The van der Waals surface area contributed by atoms with Gasteiger partial charge in [0.15, 0.2) is 0 Å². The van der Waals surface area contributed by atoms with Gasteiger partial charge in [-0.05, 0) is 56.6 Å². The molecule has 1 aromatic carbocycles. The van der Waals surface area contributed by atoms with E-state index in [0.717, 1.165) is 38.3 Å². The highest BCUT2D eigenvalue weighted by molar-refractivity contribution is 5.99. The van der Waals surface area contributed by atoms with Crippen LogP contribution in [0.25, 0.3) is 0 Å². The molecule has 0 unspecified atom stereocenters. The van der Waals surface area contributed by atoms with E-state index in [1.165, 1.54) is 32.1 Å². The maximum absolute atomic E-state index is 13.4. The summed E-state index contributed by atoms with van der Waals surface area (Å²) in [5.41, 5.74) is 1.21. The van der Waals surface area contributed by atoms with Crippen LogP contribution in [0.15, 0.2) is 18.2 Å². The van der Waals surface area contributed by atoms with Crippen molar-refractivity contribution >= 4 is 17.5 Å². The molecule has 0 aromatic heterocycles. The highest BCUT2D eigenvalue weighted by Gasteiger charge is 2.30. The van der Waals surface area contributed by atoms with E-state index in [1.807, 2.05) is 19.2 Å². The molecule has 1 aromatic rings. The van der Waals surface area contributed by atoms with Gasteiger partial charge < -0.3 is 19.7 Å². The first-order chi connectivity index (χ1) is 17.4. The molecule has 36 heavy (non-hydrogen) atoms. The summed E-state index contributed by atoms with van der Waals surface area (Å²) in [6.45, 7) is 7.43. The van der Waals surface area contributed by atoms with E-state index < -0.39 is 0 Å². The maximum Gasteiger partial charge on any atom is 0.257 e. The molecule has 1 heterocycles. The quantitative estimate of drug-likeness (QED) is 0.630. The molecular weight excluding hydrogens is 454 g/mol. The number of anilines is 1. The van der Waals surface area contributed by atoms with Gasteiger partial charge in [-0.3, -0.25) is 14.5 Å². The number of hydrogen-bond acceptors (Lipinski definition) is 5. The second kappa shape index (κ2) is 12.4. The van der Waals surface area contributed by atoms with E-state index in [1.54, 1.807) is 18.1 Å². The van der Waals surface area contributed by atoms with Crippen molar-refractivity contribution in [2.45, 2.75) is 77.4 Å². The number of ether oxygens (including phenoxy) is 2. The number of nitrogens with zero attached hydrogens (tertiary/aromatic N) is 2. The zero-order valence-corrected chi connectivity index (χ0v) is 22.6. The lowest BCUT2D eigenvalue weighted by Gasteiger charge is -2.38. The van der Waals surface area contributed by atoms with E-state index in [2.05, 4.69) is 24.1 Å². The number of likely N-dealkylation sites (N-methyl/N-ethyl adjacent to an activating group) is 1. The van der Waals surface area contributed by atoms with Crippen LogP contribution in [0.4, 0.5) is 5.69 Å². The number of nitrogens with one attached hydrogen (secondary N) is 1. The van der Waals surface area contributed by atoms with Gasteiger partial charge in [-0.15, -0.1) is 0 Å². The minimum atomic E-state index is -0.0941. The highest BCUT2D eigenvalue weighted by Crippen LogP contribution is 2.31. The van der Waals surface area contributed by atoms with E-state index >= 15 is 0 Å². The molecule has 3 atom stereocenters. The molecule has 0 spiro atoms. The number of fused-ring (bicyclic) bond motifs is 1. The molecule has 2 fully saturated rings. The van der Waals surface area contributed by atoms with Gasteiger partial charge in [0.05, 0.1) is 11.7 Å². The normalized spacial score (nSPS) is 27.3. The summed E-state index contributed by atoms with van der Waals surface area (Å²) in [6, 6.07) is 5.61. The van der Waals surface area contributed by atoms with E-state index in [4.69, 9.17) is 9.47 Å². The average molecular weight is 500 g/mol. The monoisotopic (exact) mass is 499 g/mol. The summed E-state index contributed by atoms with van der Waals surface area (Å²) in [5, 5.41) is 3.03. The molecule has 3 aliphatic rings. The van der Waals surface area contributed by atoms with Gasteiger partial charge in [-0.2, -0.15) is 0 Å². The fraction of sp³-hybridized carbons (Fsp3) is 0.724. The average Bonchev–Trinajstić information content (AvgIpc) is 2.83. The van der Waals surface area contributed by atoms with Crippen LogP contribution >= 0.6 is 0 Å². The topological polar surface area (TPSA) is 71.1 Å². The summed E-state index contributed by atoms with van der Waals surface area (Å²) >= 11 is 0. The molecule has 200 valence electrons. The van der Waals surface area contributed by atoms with E-state index in [0.29, 0.717) is 30.2 Å². The van der Waals surface area contributed by atoms with Crippen molar-refractivity contribution in [1.82, 2.24) is 9.80 Å². The Kier molecular flexibility index (Phi) is 9.29. The SMILES string of the molecule is CO[C@@H]1CN(C)C(=O)c2ccc(NC(=O)C3CCC3)cc2OC[C@H](C)N(CC2CCCCC2)C[C@H]1C. The molecule has 4 rings (SSSR count). The Morgan fingerprint density at radius 2 is 1.83 bits per heavy atom. The van der Waals surface area contributed by atoms with Gasteiger partial charge in [-0.25, -0.2) is 0 Å². The van der Waals surface area contributed by atoms with E-state index in [-0.39, 0.29) is 35.8 Å². The summed E-state index contributed by atoms with van der Waals surface area (Å²) in [4.78, 5) is 30.2. The lowest BCUT2D eigenvalue weighted by molar-refractivity contribution is -0.122. The standard InChI is InChI=1S/C29H45N3O4/c1-20-16-32(17-22-9-6-5-7-10-22)21(2)19-36-26-15-24(30-28(33)23-11-8-12-23)13-14-25(26)29(34)31(3)18-27(20)35-4/h13-15,20-23,27H,5-12,16-19H2,1-4H3,(H,30,33)/t20-,21+,27-/m1/s1. The Bertz CT molecular complexity index is 897. The van der Waals surface area contributed by atoms with Crippen LogP contribution in [-0.4, -0.2) is 74.2 Å². The lowest BCUT2D eigenvalue weighted by atomic mass is 9.85. The molecule has 1 N–H and O–H groups in total. The number of rotatable bonds is 5. The fourth-order valence-corrected chi connectivity index (χ4v) is 5.80. The number of amides is 2. The first kappa shape index (κ1) is 26.9. The van der Waals surface area contributed by atoms with Gasteiger partial charge in [0.1, 0.15) is 12.4 Å². The molecular formula is C29H45N3O4. The van der Waals surface area contributed by atoms with Crippen molar-refractivity contribution in [2.75, 3.05) is 45.7 Å². The Labute approximate surface area is 216 Å². The number of benzene rings is 1. The molecule has 7 nitrogen and oxygen atoms in total. The lowest BCUT2D eigenvalue weighted by Crippen LogP contribution is -2.48. The highest BCUT2D eigenvalue weighted by atomic mass is 16.5. The van der Waals surface area contributed by atoms with Crippen LogP contribution in [0.3, 0.4) is 0 Å². The summed E-state index contributed by atoms with van der Waals surface area (Å²) in [6.07, 6.45) is 9.58. The summed E-state index contributed by atoms with van der Waals surface area (Å²) in [7, 11) is 3.57. The first-order valence-electron chi connectivity index (χ1n) is 14.0. The molecule has 0 radical (unpaired) electrons. The van der Waals surface area contributed by atoms with Crippen LogP contribution in [-0.2, 0) is 9.53 Å². The largest absolute Gasteiger partial charge is 0.491 e. The second-order valence-electron chi connectivity index (χ2n) is 11.4. The Morgan fingerprint density at radius 1 is 1.08 bits per heavy atom. The predicted octanol–water partition coefficient (Wildman–Crippen LogP) is 4.81. The number of carbonyl (C=O) groups is 2. The van der Waals surface area contributed by atoms with Crippen molar-refractivity contribution in [2.24, 2.45) is 17.8 Å². The predicted molar refractivity (Wildman–Crippen MR) is 142 cm³/mol. The third-order valence-corrected chi connectivity index (χ3v) is 8.54. The zero-order chi connectivity index (χ0) is 25.7. The minimum absolute atomic E-state index is 0.0511. The third kappa shape index (κ3) is 6.60. The van der Waals surface area contributed by atoms with Gasteiger partial charge in [0.25, 0.3) is 5.91 Å². The molecule has 2 saturated carbocycles. The molecule has 2 amide bonds. The Morgan fingerprint density at radius 3 is 2.50 bits per heavy atom. The van der Waals surface area contributed by atoms with E-state index in [9.17, 15) is 9.59 Å². The smallest absolute Gasteiger partial charge is 0.257 e. The first-order valence-corrected chi connectivity index (χ1v) is 14.0. The van der Waals surface area contributed by atoms with Crippen LogP contribution in [0, 0.1) is 17.8 Å². The van der Waals surface area contributed by atoms with Gasteiger partial charge in [-0.1, -0.05) is 32.6 Å². The van der Waals surface area contributed by atoms with Crippen molar-refractivity contribution in [3.8, 4) is 5.75 Å². The second-order valence-corrected chi connectivity index (χ2v) is 11.4. The molecule has 0 bridgehead atoms. The zero-order valence-electron chi connectivity index (χ0n) is 22.6. The molecule has 7 heteroatoms. The van der Waals surface area contributed by atoms with Crippen molar-refractivity contribution in [1.29, 1.82) is 0 Å². The summed E-state index contributed by atoms with van der Waals surface area (Å²) in [5.74, 6) is 1.60. The van der Waals surface area contributed by atoms with Gasteiger partial charge in [0, 0.05) is 57.5 Å².